The summed E-state index contributed by atoms with van der Waals surface area (Å²) in [6, 6.07) is 11.7. The van der Waals surface area contributed by atoms with E-state index in [4.69, 9.17) is 0 Å². The largest absolute Gasteiger partial charge is 0.321 e. The average Bonchev–Trinajstić information content (AvgIpc) is 2.41. The van der Waals surface area contributed by atoms with Gasteiger partial charge in [0.25, 0.3) is 5.91 Å². The quantitative estimate of drug-likeness (QED) is 0.799. The molecule has 0 fully saturated rings. The zero-order valence-corrected chi connectivity index (χ0v) is 13.8. The Kier molecular flexibility index (Phi) is 4.47. The molecule has 0 atom stereocenters. The molecule has 2 rings (SSSR count). The van der Waals surface area contributed by atoms with Crippen molar-refractivity contribution < 1.29 is 9.18 Å². The van der Waals surface area contributed by atoms with E-state index >= 15 is 0 Å². The molecular formula is C17H17BrFNO. The molecular weight excluding hydrogens is 333 g/mol. The van der Waals surface area contributed by atoms with E-state index in [1.165, 1.54) is 23.8 Å². The zero-order valence-electron chi connectivity index (χ0n) is 12.2. The molecule has 4 heteroatoms. The number of hydrogen-bond donors (Lipinski definition) is 1. The van der Waals surface area contributed by atoms with Crippen LogP contribution in [0.3, 0.4) is 0 Å². The summed E-state index contributed by atoms with van der Waals surface area (Å²) in [4.78, 5) is 12.2. The first-order valence-corrected chi connectivity index (χ1v) is 7.43. The lowest BCUT2D eigenvalue weighted by Gasteiger charge is -2.19. The summed E-state index contributed by atoms with van der Waals surface area (Å²) >= 11 is 3.23. The molecule has 0 aliphatic heterocycles. The lowest BCUT2D eigenvalue weighted by molar-refractivity contribution is 0.102. The fourth-order valence-electron chi connectivity index (χ4n) is 1.91. The predicted octanol–water partition coefficient (Wildman–Crippen LogP) is 5.14. The minimum absolute atomic E-state index is 0.0506. The smallest absolute Gasteiger partial charge is 0.255 e. The summed E-state index contributed by atoms with van der Waals surface area (Å²) in [5.74, 6) is -0.572. The summed E-state index contributed by atoms with van der Waals surface area (Å²) in [6.45, 7) is 6.37. The van der Waals surface area contributed by atoms with Crippen LogP contribution in [-0.2, 0) is 5.41 Å². The van der Waals surface area contributed by atoms with E-state index in [1.807, 2.05) is 12.1 Å². The second-order valence-corrected chi connectivity index (χ2v) is 6.76. The SMILES string of the molecule is CC(C)(C)c1ccc(C(=O)Nc2ccc(F)cc2Br)cc1. The maximum absolute atomic E-state index is 13.0. The molecule has 0 radical (unpaired) electrons. The molecule has 0 spiro atoms. The molecule has 0 saturated carbocycles. The summed E-state index contributed by atoms with van der Waals surface area (Å²) in [5, 5.41) is 2.76. The Morgan fingerprint density at radius 2 is 1.71 bits per heavy atom. The number of rotatable bonds is 2. The fraction of sp³-hybridized carbons (Fsp3) is 0.235. The molecule has 2 nitrogen and oxygen atoms in total. The van der Waals surface area contributed by atoms with Crippen LogP contribution < -0.4 is 5.32 Å². The maximum Gasteiger partial charge on any atom is 0.255 e. The van der Waals surface area contributed by atoms with Crippen molar-refractivity contribution in [2.75, 3.05) is 5.32 Å². The molecule has 0 heterocycles. The topological polar surface area (TPSA) is 29.1 Å². The second kappa shape index (κ2) is 5.98. The van der Waals surface area contributed by atoms with Gasteiger partial charge in [-0.1, -0.05) is 32.9 Å². The minimum atomic E-state index is -0.352. The van der Waals surface area contributed by atoms with Crippen molar-refractivity contribution in [2.24, 2.45) is 0 Å². The van der Waals surface area contributed by atoms with Crippen molar-refractivity contribution in [3.05, 3.63) is 63.9 Å². The molecule has 1 amide bonds. The highest BCUT2D eigenvalue weighted by Gasteiger charge is 2.14. The van der Waals surface area contributed by atoms with Gasteiger partial charge in [0.2, 0.25) is 0 Å². The van der Waals surface area contributed by atoms with Gasteiger partial charge in [0, 0.05) is 10.0 Å². The van der Waals surface area contributed by atoms with Gasteiger partial charge in [-0.15, -0.1) is 0 Å². The molecule has 1 N–H and O–H groups in total. The highest BCUT2D eigenvalue weighted by atomic mass is 79.9. The van der Waals surface area contributed by atoms with E-state index in [9.17, 15) is 9.18 Å². The summed E-state index contributed by atoms with van der Waals surface area (Å²) in [6.07, 6.45) is 0. The number of amides is 1. The van der Waals surface area contributed by atoms with Crippen LogP contribution in [0.1, 0.15) is 36.7 Å². The van der Waals surface area contributed by atoms with Gasteiger partial charge in [-0.05, 0) is 57.2 Å². The molecule has 0 aromatic heterocycles. The molecule has 110 valence electrons. The lowest BCUT2D eigenvalue weighted by Crippen LogP contribution is -2.14. The minimum Gasteiger partial charge on any atom is -0.321 e. The summed E-state index contributed by atoms with van der Waals surface area (Å²) in [7, 11) is 0. The van der Waals surface area contributed by atoms with Gasteiger partial charge in [-0.2, -0.15) is 0 Å². The van der Waals surface area contributed by atoms with Gasteiger partial charge >= 0.3 is 0 Å². The number of carbonyl (C=O) groups excluding carboxylic acids is 1. The van der Waals surface area contributed by atoms with Crippen molar-refractivity contribution >= 4 is 27.5 Å². The monoisotopic (exact) mass is 349 g/mol. The van der Waals surface area contributed by atoms with Gasteiger partial charge < -0.3 is 5.32 Å². The van der Waals surface area contributed by atoms with Crippen molar-refractivity contribution in [2.45, 2.75) is 26.2 Å². The first-order valence-electron chi connectivity index (χ1n) is 6.64. The summed E-state index contributed by atoms with van der Waals surface area (Å²) in [5.41, 5.74) is 2.33. The number of anilines is 1. The fourth-order valence-corrected chi connectivity index (χ4v) is 2.36. The molecule has 0 aliphatic carbocycles. The molecule has 0 bridgehead atoms. The highest BCUT2D eigenvalue weighted by molar-refractivity contribution is 9.10. The Balaban J connectivity index is 2.17. The van der Waals surface area contributed by atoms with Gasteiger partial charge in [0.15, 0.2) is 0 Å². The maximum atomic E-state index is 13.0. The Labute approximate surface area is 132 Å². The van der Waals surface area contributed by atoms with Crippen LogP contribution in [0.4, 0.5) is 10.1 Å². The van der Waals surface area contributed by atoms with E-state index in [1.54, 1.807) is 12.1 Å². The first-order chi connectivity index (χ1) is 9.77. The van der Waals surface area contributed by atoms with Crippen LogP contribution in [0.15, 0.2) is 46.9 Å². The van der Waals surface area contributed by atoms with Crippen LogP contribution in [0.5, 0.6) is 0 Å². The molecule has 21 heavy (non-hydrogen) atoms. The Hall–Kier alpha value is -1.68. The van der Waals surface area contributed by atoms with Crippen molar-refractivity contribution in [3.8, 4) is 0 Å². The average molecular weight is 350 g/mol. The normalized spacial score (nSPS) is 11.3. The molecule has 0 unspecified atom stereocenters. The number of halogens is 2. The summed E-state index contributed by atoms with van der Waals surface area (Å²) < 4.78 is 13.5. The predicted molar refractivity (Wildman–Crippen MR) is 87.2 cm³/mol. The zero-order chi connectivity index (χ0) is 15.6. The third kappa shape index (κ3) is 3.91. The number of carbonyl (C=O) groups is 1. The van der Waals surface area contributed by atoms with E-state index < -0.39 is 0 Å². The van der Waals surface area contributed by atoms with Gasteiger partial charge in [-0.25, -0.2) is 4.39 Å². The van der Waals surface area contributed by atoms with E-state index in [2.05, 4.69) is 42.0 Å². The van der Waals surface area contributed by atoms with E-state index in [-0.39, 0.29) is 17.1 Å². The van der Waals surface area contributed by atoms with Crippen LogP contribution in [0.25, 0.3) is 0 Å². The molecule has 0 aliphatic rings. The standard InChI is InChI=1S/C17H17BrFNO/c1-17(2,3)12-6-4-11(5-7-12)16(21)20-15-9-8-13(19)10-14(15)18/h4-10H,1-3H3,(H,20,21). The molecule has 2 aromatic carbocycles. The Bertz CT molecular complexity index is 659. The molecule has 2 aromatic rings. The van der Waals surface area contributed by atoms with Gasteiger partial charge in [-0.3, -0.25) is 4.79 Å². The molecule has 0 saturated heterocycles. The van der Waals surface area contributed by atoms with Gasteiger partial charge in [0.1, 0.15) is 5.82 Å². The third-order valence-corrected chi connectivity index (χ3v) is 3.85. The van der Waals surface area contributed by atoms with Gasteiger partial charge in [0.05, 0.1) is 5.69 Å². The number of hydrogen-bond acceptors (Lipinski definition) is 1. The number of nitrogens with one attached hydrogen (secondary N) is 1. The van der Waals surface area contributed by atoms with Crippen molar-refractivity contribution in [1.29, 1.82) is 0 Å². The van der Waals surface area contributed by atoms with Crippen molar-refractivity contribution in [1.82, 2.24) is 0 Å². The first kappa shape index (κ1) is 15.7. The van der Waals surface area contributed by atoms with E-state index in [0.29, 0.717) is 15.7 Å². The second-order valence-electron chi connectivity index (χ2n) is 5.91. The van der Waals surface area contributed by atoms with Crippen LogP contribution in [-0.4, -0.2) is 5.91 Å². The van der Waals surface area contributed by atoms with E-state index in [0.717, 1.165) is 0 Å². The Morgan fingerprint density at radius 1 is 1.10 bits per heavy atom. The Morgan fingerprint density at radius 3 is 2.24 bits per heavy atom. The van der Waals surface area contributed by atoms with Crippen LogP contribution >= 0.6 is 15.9 Å². The third-order valence-electron chi connectivity index (χ3n) is 3.19. The number of benzene rings is 2. The lowest BCUT2D eigenvalue weighted by atomic mass is 9.87. The van der Waals surface area contributed by atoms with Crippen molar-refractivity contribution in [3.63, 3.8) is 0 Å². The highest BCUT2D eigenvalue weighted by Crippen LogP contribution is 2.25. The van der Waals surface area contributed by atoms with Crippen LogP contribution in [0, 0.1) is 5.82 Å². The van der Waals surface area contributed by atoms with Crippen LogP contribution in [0.2, 0.25) is 0 Å².